The van der Waals surface area contributed by atoms with Crippen LogP contribution in [0.2, 0.25) is 10.0 Å². The van der Waals surface area contributed by atoms with Gasteiger partial charge in [-0.05, 0) is 48.8 Å². The number of halogens is 3. The van der Waals surface area contributed by atoms with Crippen molar-refractivity contribution in [3.8, 4) is 0 Å². The quantitative estimate of drug-likeness (QED) is 0.632. The molecule has 0 nitrogen and oxygen atoms in total. The molecule has 0 radical (unpaired) electrons. The fourth-order valence-electron chi connectivity index (χ4n) is 2.53. The summed E-state index contributed by atoms with van der Waals surface area (Å²) >= 11 is 15.8. The minimum Gasteiger partial charge on any atom is -0.0890 e. The molecule has 16 heavy (non-hydrogen) atoms. The summed E-state index contributed by atoms with van der Waals surface area (Å²) in [6, 6.07) is 5.81. The lowest BCUT2D eigenvalue weighted by atomic mass is 9.82. The van der Waals surface area contributed by atoms with Crippen molar-refractivity contribution in [2.75, 3.05) is 0 Å². The molecule has 2 rings (SSSR count). The van der Waals surface area contributed by atoms with E-state index in [0.29, 0.717) is 15.3 Å². The molecule has 1 saturated carbocycles. The molecule has 1 aliphatic rings. The van der Waals surface area contributed by atoms with Crippen molar-refractivity contribution < 1.29 is 0 Å². The molecular weight excluding hydrogens is 307 g/mol. The lowest BCUT2D eigenvalue weighted by molar-refractivity contribution is 0.336. The van der Waals surface area contributed by atoms with Crippen LogP contribution in [-0.2, 0) is 6.42 Å². The molecule has 3 heteroatoms. The number of alkyl halides is 1. The molecule has 0 spiro atoms. The summed E-state index contributed by atoms with van der Waals surface area (Å²) in [5.74, 6) is 0. The van der Waals surface area contributed by atoms with Crippen LogP contribution in [-0.4, -0.2) is 4.83 Å². The van der Waals surface area contributed by atoms with Gasteiger partial charge in [-0.2, -0.15) is 0 Å². The largest absolute Gasteiger partial charge is 0.0890 e. The van der Waals surface area contributed by atoms with E-state index < -0.39 is 0 Å². The van der Waals surface area contributed by atoms with Crippen LogP contribution in [0.15, 0.2) is 18.2 Å². The minimum atomic E-state index is 0.381. The Morgan fingerprint density at radius 1 is 1.44 bits per heavy atom. The lowest BCUT2D eigenvalue weighted by Crippen LogP contribution is -2.15. The van der Waals surface area contributed by atoms with Gasteiger partial charge in [-0.15, -0.1) is 0 Å². The molecular formula is C13H15BrCl2. The van der Waals surface area contributed by atoms with Crippen LogP contribution >= 0.6 is 39.1 Å². The summed E-state index contributed by atoms with van der Waals surface area (Å²) in [4.78, 5) is 0.670. The third kappa shape index (κ3) is 2.94. The fourth-order valence-corrected chi connectivity index (χ4v) is 4.02. The number of hydrogen-bond acceptors (Lipinski definition) is 0. The smallest absolute Gasteiger partial charge is 0.0453 e. The van der Waals surface area contributed by atoms with Crippen molar-refractivity contribution in [3.05, 3.63) is 33.8 Å². The third-order valence-electron chi connectivity index (χ3n) is 3.41. The van der Waals surface area contributed by atoms with Gasteiger partial charge < -0.3 is 0 Å². The minimum absolute atomic E-state index is 0.381. The van der Waals surface area contributed by atoms with E-state index in [1.54, 1.807) is 0 Å². The van der Waals surface area contributed by atoms with Gasteiger partial charge in [0.05, 0.1) is 0 Å². The molecule has 0 aliphatic heterocycles. The number of hydrogen-bond donors (Lipinski definition) is 0. The Labute approximate surface area is 115 Å². The maximum atomic E-state index is 6.21. The summed E-state index contributed by atoms with van der Waals surface area (Å²) in [5.41, 5.74) is 1.60. The average molecular weight is 322 g/mol. The van der Waals surface area contributed by atoms with Crippen LogP contribution < -0.4 is 0 Å². The fraction of sp³-hybridized carbons (Fsp3) is 0.538. The highest BCUT2D eigenvalue weighted by atomic mass is 79.9. The van der Waals surface area contributed by atoms with Gasteiger partial charge in [0.25, 0.3) is 0 Å². The van der Waals surface area contributed by atoms with Crippen molar-refractivity contribution in [3.63, 3.8) is 0 Å². The maximum Gasteiger partial charge on any atom is 0.0453 e. The van der Waals surface area contributed by atoms with Gasteiger partial charge in [-0.1, -0.05) is 52.1 Å². The second-order valence-corrected chi connectivity index (χ2v) is 7.20. The molecule has 2 unspecified atom stereocenters. The first-order valence-corrected chi connectivity index (χ1v) is 7.24. The number of rotatable bonds is 2. The molecule has 0 saturated heterocycles. The zero-order valence-corrected chi connectivity index (χ0v) is 12.4. The van der Waals surface area contributed by atoms with E-state index in [0.717, 1.165) is 11.4 Å². The normalized spacial score (nSPS) is 29.6. The zero-order valence-electron chi connectivity index (χ0n) is 9.27. The van der Waals surface area contributed by atoms with Crippen LogP contribution in [0, 0.1) is 5.41 Å². The Morgan fingerprint density at radius 2 is 2.19 bits per heavy atom. The molecule has 1 aromatic rings. The Bertz CT molecular complexity index is 392. The summed E-state index contributed by atoms with van der Waals surface area (Å²) in [5, 5.41) is 1.51. The molecule has 1 aliphatic carbocycles. The first-order chi connectivity index (χ1) is 7.48. The Morgan fingerprint density at radius 3 is 2.75 bits per heavy atom. The standard InChI is InChI=1S/C13H15BrCl2/c1-13(5-4-10(14)8-13)7-9-2-3-11(15)6-12(9)16/h2-3,6,10H,4-5,7-8H2,1H3. The molecule has 88 valence electrons. The second-order valence-electron chi connectivity index (χ2n) is 5.06. The Balaban J connectivity index is 2.14. The molecule has 1 fully saturated rings. The molecule has 2 atom stereocenters. The highest BCUT2D eigenvalue weighted by Gasteiger charge is 2.34. The van der Waals surface area contributed by atoms with E-state index in [9.17, 15) is 0 Å². The monoisotopic (exact) mass is 320 g/mol. The van der Waals surface area contributed by atoms with Gasteiger partial charge in [0, 0.05) is 14.9 Å². The highest BCUT2D eigenvalue weighted by molar-refractivity contribution is 9.09. The first-order valence-electron chi connectivity index (χ1n) is 5.56. The summed E-state index contributed by atoms with van der Waals surface area (Å²) in [6.07, 6.45) is 4.81. The topological polar surface area (TPSA) is 0 Å². The average Bonchev–Trinajstić information content (AvgIpc) is 2.52. The van der Waals surface area contributed by atoms with Gasteiger partial charge in [-0.3, -0.25) is 0 Å². The van der Waals surface area contributed by atoms with E-state index in [4.69, 9.17) is 23.2 Å². The molecule has 0 N–H and O–H groups in total. The first kappa shape index (κ1) is 12.7. The Kier molecular flexibility index (Phi) is 3.88. The molecule has 1 aromatic carbocycles. The van der Waals surface area contributed by atoms with Crippen LogP contribution in [0.5, 0.6) is 0 Å². The molecule has 0 amide bonds. The zero-order chi connectivity index (χ0) is 11.8. The van der Waals surface area contributed by atoms with Gasteiger partial charge in [0.1, 0.15) is 0 Å². The SMILES string of the molecule is CC1(Cc2ccc(Cl)cc2Cl)CCC(Br)C1. The molecule has 0 bridgehead atoms. The van der Waals surface area contributed by atoms with Gasteiger partial charge >= 0.3 is 0 Å². The van der Waals surface area contributed by atoms with E-state index in [1.165, 1.54) is 24.8 Å². The van der Waals surface area contributed by atoms with E-state index in [2.05, 4.69) is 28.9 Å². The third-order valence-corrected chi connectivity index (χ3v) is 4.78. The molecule has 0 heterocycles. The van der Waals surface area contributed by atoms with Crippen molar-refractivity contribution in [1.29, 1.82) is 0 Å². The predicted molar refractivity (Wildman–Crippen MR) is 74.8 cm³/mol. The van der Waals surface area contributed by atoms with Crippen molar-refractivity contribution in [1.82, 2.24) is 0 Å². The van der Waals surface area contributed by atoms with Crippen LogP contribution in [0.3, 0.4) is 0 Å². The van der Waals surface area contributed by atoms with Crippen LogP contribution in [0.4, 0.5) is 0 Å². The highest BCUT2D eigenvalue weighted by Crippen LogP contribution is 2.44. The van der Waals surface area contributed by atoms with Crippen molar-refractivity contribution in [2.24, 2.45) is 5.41 Å². The predicted octanol–water partition coefficient (Wildman–Crippen LogP) is 5.49. The van der Waals surface area contributed by atoms with Gasteiger partial charge in [0.15, 0.2) is 0 Å². The summed E-state index contributed by atoms with van der Waals surface area (Å²) in [6.45, 7) is 2.35. The second kappa shape index (κ2) is 4.88. The van der Waals surface area contributed by atoms with E-state index >= 15 is 0 Å². The summed E-state index contributed by atoms with van der Waals surface area (Å²) < 4.78 is 0. The molecule has 0 aromatic heterocycles. The lowest BCUT2D eigenvalue weighted by Gasteiger charge is -2.24. The van der Waals surface area contributed by atoms with Gasteiger partial charge in [-0.25, -0.2) is 0 Å². The van der Waals surface area contributed by atoms with E-state index in [1.807, 2.05) is 12.1 Å². The van der Waals surface area contributed by atoms with Crippen LogP contribution in [0.25, 0.3) is 0 Å². The Hall–Kier alpha value is 0.280. The van der Waals surface area contributed by atoms with Crippen LogP contribution in [0.1, 0.15) is 31.7 Å². The number of benzene rings is 1. The van der Waals surface area contributed by atoms with Crippen molar-refractivity contribution in [2.45, 2.75) is 37.4 Å². The van der Waals surface area contributed by atoms with Gasteiger partial charge in [0.2, 0.25) is 0 Å². The summed E-state index contributed by atoms with van der Waals surface area (Å²) in [7, 11) is 0. The van der Waals surface area contributed by atoms with Crippen molar-refractivity contribution >= 4 is 39.1 Å². The maximum absolute atomic E-state index is 6.21. The van der Waals surface area contributed by atoms with E-state index in [-0.39, 0.29) is 0 Å².